The molecule has 6 nitrogen and oxygen atoms in total. The highest BCUT2D eigenvalue weighted by molar-refractivity contribution is 5.92. The van der Waals surface area contributed by atoms with Crippen molar-refractivity contribution in [2.45, 2.75) is 25.3 Å². The minimum absolute atomic E-state index is 0.393. The number of nitrogens with zero attached hydrogens (tertiary/aromatic N) is 4. The molecule has 0 radical (unpaired) electrons. The van der Waals surface area contributed by atoms with Crippen LogP contribution in [0.3, 0.4) is 0 Å². The highest BCUT2D eigenvalue weighted by atomic mass is 16.1. The van der Waals surface area contributed by atoms with Crippen LogP contribution in [0.4, 0.5) is 0 Å². The van der Waals surface area contributed by atoms with Crippen molar-refractivity contribution < 1.29 is 4.79 Å². The van der Waals surface area contributed by atoms with Crippen LogP contribution in [0.25, 0.3) is 0 Å². The maximum atomic E-state index is 11.0. The second-order valence-corrected chi connectivity index (χ2v) is 5.89. The molecular formula is C14H23N5O. The van der Waals surface area contributed by atoms with Gasteiger partial charge in [-0.3, -0.25) is 14.4 Å². The van der Waals surface area contributed by atoms with Gasteiger partial charge in [-0.25, -0.2) is 0 Å². The Morgan fingerprint density at radius 3 is 2.55 bits per heavy atom. The number of hydrogen-bond acceptors (Lipinski definition) is 4. The fraction of sp³-hybridized carbons (Fsp3) is 0.714. The van der Waals surface area contributed by atoms with E-state index in [1.165, 1.54) is 38.9 Å². The van der Waals surface area contributed by atoms with Crippen LogP contribution < -0.4 is 5.73 Å². The number of rotatable bonds is 5. The molecule has 20 heavy (non-hydrogen) atoms. The molecule has 0 atom stereocenters. The molecule has 0 bridgehead atoms. The third kappa shape index (κ3) is 3.02. The number of piperidine rings is 1. The summed E-state index contributed by atoms with van der Waals surface area (Å²) in [6, 6.07) is 0.393. The number of amides is 1. The minimum Gasteiger partial charge on any atom is -0.366 e. The van der Waals surface area contributed by atoms with Crippen molar-refractivity contribution in [3.63, 3.8) is 0 Å². The quantitative estimate of drug-likeness (QED) is 0.842. The first-order valence-electron chi connectivity index (χ1n) is 7.51. The molecular weight excluding hydrogens is 254 g/mol. The normalized spacial score (nSPS) is 21.8. The number of aromatic nitrogens is 2. The van der Waals surface area contributed by atoms with Gasteiger partial charge in [-0.1, -0.05) is 6.42 Å². The van der Waals surface area contributed by atoms with Gasteiger partial charge in [0.05, 0.1) is 17.8 Å². The average Bonchev–Trinajstić information content (AvgIpc) is 2.88. The summed E-state index contributed by atoms with van der Waals surface area (Å²) in [6.45, 7) is 6.89. The lowest BCUT2D eigenvalue weighted by molar-refractivity contribution is 0.0804. The van der Waals surface area contributed by atoms with Crippen LogP contribution in [0.5, 0.6) is 0 Å². The average molecular weight is 277 g/mol. The van der Waals surface area contributed by atoms with E-state index in [9.17, 15) is 4.79 Å². The Balaban J connectivity index is 1.40. The molecule has 0 saturated carbocycles. The van der Waals surface area contributed by atoms with Crippen LogP contribution in [0.15, 0.2) is 12.4 Å². The van der Waals surface area contributed by atoms with E-state index < -0.39 is 5.91 Å². The zero-order chi connectivity index (χ0) is 13.9. The van der Waals surface area contributed by atoms with Gasteiger partial charge in [0.25, 0.3) is 5.91 Å². The summed E-state index contributed by atoms with van der Waals surface area (Å²) < 4.78 is 1.87. The van der Waals surface area contributed by atoms with Gasteiger partial charge in [-0.05, 0) is 25.9 Å². The standard InChI is InChI=1S/C14H23N5O/c15-14(20)12-8-16-19(9-12)13-10-18(11-13)7-6-17-4-2-1-3-5-17/h8-9,13H,1-7,10-11H2,(H2,15,20). The number of carbonyl (C=O) groups excluding carboxylic acids is 1. The largest absolute Gasteiger partial charge is 0.366 e. The van der Waals surface area contributed by atoms with Crippen LogP contribution in [0.2, 0.25) is 0 Å². The van der Waals surface area contributed by atoms with Crippen molar-refractivity contribution in [1.82, 2.24) is 19.6 Å². The van der Waals surface area contributed by atoms with Gasteiger partial charge in [0.1, 0.15) is 0 Å². The molecule has 1 aromatic heterocycles. The van der Waals surface area contributed by atoms with E-state index in [2.05, 4.69) is 14.9 Å². The summed E-state index contributed by atoms with van der Waals surface area (Å²) in [5, 5.41) is 4.22. The highest BCUT2D eigenvalue weighted by Gasteiger charge is 2.29. The second kappa shape index (κ2) is 5.93. The first kappa shape index (κ1) is 13.6. The Morgan fingerprint density at radius 1 is 1.20 bits per heavy atom. The molecule has 2 N–H and O–H groups in total. The first-order valence-corrected chi connectivity index (χ1v) is 7.51. The van der Waals surface area contributed by atoms with Crippen molar-refractivity contribution in [3.05, 3.63) is 18.0 Å². The number of primary amides is 1. The van der Waals surface area contributed by atoms with Crippen LogP contribution in [0, 0.1) is 0 Å². The summed E-state index contributed by atoms with van der Waals surface area (Å²) >= 11 is 0. The van der Waals surface area contributed by atoms with Crippen LogP contribution in [-0.4, -0.2) is 64.8 Å². The first-order chi connectivity index (χ1) is 9.72. The lowest BCUT2D eigenvalue weighted by atomic mass is 10.1. The lowest BCUT2D eigenvalue weighted by Crippen LogP contribution is -2.50. The predicted octanol–water partition coefficient (Wildman–Crippen LogP) is 0.325. The van der Waals surface area contributed by atoms with Crippen molar-refractivity contribution in [2.75, 3.05) is 39.3 Å². The van der Waals surface area contributed by atoms with Crippen molar-refractivity contribution in [1.29, 1.82) is 0 Å². The molecule has 0 spiro atoms. The Labute approximate surface area is 119 Å². The van der Waals surface area contributed by atoms with Gasteiger partial charge in [-0.15, -0.1) is 0 Å². The van der Waals surface area contributed by atoms with E-state index in [0.717, 1.165) is 19.6 Å². The van der Waals surface area contributed by atoms with E-state index in [4.69, 9.17) is 5.73 Å². The zero-order valence-corrected chi connectivity index (χ0v) is 11.9. The molecule has 0 aliphatic carbocycles. The monoisotopic (exact) mass is 277 g/mol. The fourth-order valence-corrected chi connectivity index (χ4v) is 3.02. The van der Waals surface area contributed by atoms with Crippen molar-refractivity contribution in [2.24, 2.45) is 5.73 Å². The molecule has 0 aromatic carbocycles. The van der Waals surface area contributed by atoms with Gasteiger partial charge in [0.15, 0.2) is 0 Å². The number of likely N-dealkylation sites (tertiary alicyclic amines) is 2. The fourth-order valence-electron chi connectivity index (χ4n) is 3.02. The van der Waals surface area contributed by atoms with E-state index in [1.807, 2.05) is 4.68 Å². The third-order valence-corrected chi connectivity index (χ3v) is 4.38. The molecule has 110 valence electrons. The SMILES string of the molecule is NC(=O)c1cnn(C2CN(CCN3CCCCC3)C2)c1. The van der Waals surface area contributed by atoms with Crippen molar-refractivity contribution in [3.8, 4) is 0 Å². The maximum Gasteiger partial charge on any atom is 0.251 e. The molecule has 3 rings (SSSR count). The molecule has 2 aliphatic heterocycles. The van der Waals surface area contributed by atoms with E-state index >= 15 is 0 Å². The number of carbonyl (C=O) groups is 1. The summed E-state index contributed by atoms with van der Waals surface area (Å²) in [7, 11) is 0. The number of nitrogens with two attached hydrogens (primary N) is 1. The van der Waals surface area contributed by atoms with Gasteiger partial charge in [-0.2, -0.15) is 5.10 Å². The molecule has 6 heteroatoms. The van der Waals surface area contributed by atoms with E-state index in [-0.39, 0.29) is 0 Å². The Hall–Kier alpha value is -1.40. The van der Waals surface area contributed by atoms with Gasteiger partial charge >= 0.3 is 0 Å². The molecule has 1 aromatic rings. The molecule has 2 saturated heterocycles. The number of hydrogen-bond donors (Lipinski definition) is 1. The second-order valence-electron chi connectivity index (χ2n) is 5.89. The minimum atomic E-state index is -0.405. The molecule has 2 aliphatic rings. The summed E-state index contributed by atoms with van der Waals surface area (Å²) in [5.41, 5.74) is 5.73. The van der Waals surface area contributed by atoms with Crippen LogP contribution in [-0.2, 0) is 0 Å². The third-order valence-electron chi connectivity index (χ3n) is 4.38. The van der Waals surface area contributed by atoms with Crippen LogP contribution in [0.1, 0.15) is 35.7 Å². The summed E-state index contributed by atoms with van der Waals surface area (Å²) in [5.74, 6) is -0.405. The van der Waals surface area contributed by atoms with Gasteiger partial charge in [0.2, 0.25) is 0 Å². The van der Waals surface area contributed by atoms with Gasteiger partial charge in [0, 0.05) is 32.4 Å². The summed E-state index contributed by atoms with van der Waals surface area (Å²) in [4.78, 5) is 16.1. The molecule has 2 fully saturated rings. The Kier molecular flexibility index (Phi) is 4.03. The maximum absolute atomic E-state index is 11.0. The van der Waals surface area contributed by atoms with Crippen molar-refractivity contribution >= 4 is 5.91 Å². The zero-order valence-electron chi connectivity index (χ0n) is 11.9. The van der Waals surface area contributed by atoms with Gasteiger partial charge < -0.3 is 10.6 Å². The van der Waals surface area contributed by atoms with E-state index in [0.29, 0.717) is 11.6 Å². The smallest absolute Gasteiger partial charge is 0.251 e. The molecule has 1 amide bonds. The van der Waals surface area contributed by atoms with Crippen LogP contribution >= 0.6 is 0 Å². The highest BCUT2D eigenvalue weighted by Crippen LogP contribution is 2.20. The topological polar surface area (TPSA) is 67.4 Å². The van der Waals surface area contributed by atoms with E-state index in [1.54, 1.807) is 12.4 Å². The lowest BCUT2D eigenvalue weighted by Gasteiger charge is -2.40. The Morgan fingerprint density at radius 2 is 1.90 bits per heavy atom. The summed E-state index contributed by atoms with van der Waals surface area (Å²) in [6.07, 6.45) is 7.41. The Bertz CT molecular complexity index is 460. The predicted molar refractivity (Wildman–Crippen MR) is 76.5 cm³/mol. The molecule has 3 heterocycles. The molecule has 0 unspecified atom stereocenters.